The maximum absolute atomic E-state index is 11.8. The summed E-state index contributed by atoms with van der Waals surface area (Å²) in [4.78, 5) is 24.8. The summed E-state index contributed by atoms with van der Waals surface area (Å²) in [6.07, 6.45) is 3.36. The number of halogens is 1. The second-order valence-corrected chi connectivity index (χ2v) is 5.43. The van der Waals surface area contributed by atoms with Crippen LogP contribution in [-0.2, 0) is 9.59 Å². The Morgan fingerprint density at radius 2 is 2.22 bits per heavy atom. The van der Waals surface area contributed by atoms with Crippen molar-refractivity contribution in [1.29, 1.82) is 0 Å². The van der Waals surface area contributed by atoms with E-state index in [1.165, 1.54) is 29.4 Å². The first kappa shape index (κ1) is 14.7. The topological polar surface area (TPSA) is 57.6 Å². The van der Waals surface area contributed by atoms with Gasteiger partial charge in [0, 0.05) is 18.0 Å². The second-order valence-electron chi connectivity index (χ2n) is 3.69. The number of nitrogens with zero attached hydrogens (tertiary/aromatic N) is 1. The van der Waals surface area contributed by atoms with Gasteiger partial charge in [0.15, 0.2) is 0 Å². The standard InChI is InChI=1S/C12H14ClNO3S/c1-3-9(12(16)17)14(2)11(15)7-5-8-4-6-10(13)18-8/h4-7,9H,3H2,1-2H3,(H,16,17). The molecule has 1 unspecified atom stereocenters. The van der Waals surface area contributed by atoms with Crippen LogP contribution >= 0.6 is 22.9 Å². The quantitative estimate of drug-likeness (QED) is 0.847. The van der Waals surface area contributed by atoms with Crippen LogP contribution in [0.2, 0.25) is 4.34 Å². The molecule has 0 aromatic carbocycles. The van der Waals surface area contributed by atoms with Crippen molar-refractivity contribution in [2.75, 3.05) is 7.05 Å². The first-order valence-electron chi connectivity index (χ1n) is 5.38. The van der Waals surface area contributed by atoms with Gasteiger partial charge in [0.2, 0.25) is 5.91 Å². The summed E-state index contributed by atoms with van der Waals surface area (Å²) >= 11 is 7.12. The number of thiophene rings is 1. The van der Waals surface area contributed by atoms with E-state index in [1.807, 2.05) is 0 Å². The molecule has 0 radical (unpaired) electrons. The summed E-state index contributed by atoms with van der Waals surface area (Å²) in [6, 6.07) is 2.74. The lowest BCUT2D eigenvalue weighted by Crippen LogP contribution is -2.41. The molecule has 0 saturated carbocycles. The highest BCUT2D eigenvalue weighted by Crippen LogP contribution is 2.22. The number of carbonyl (C=O) groups excluding carboxylic acids is 1. The van der Waals surface area contributed by atoms with Gasteiger partial charge in [-0.1, -0.05) is 18.5 Å². The Kier molecular flexibility index (Phi) is 5.37. The van der Waals surface area contributed by atoms with Crippen molar-refractivity contribution < 1.29 is 14.7 Å². The van der Waals surface area contributed by atoms with Crippen molar-refractivity contribution in [3.05, 3.63) is 27.4 Å². The predicted molar refractivity (Wildman–Crippen MR) is 72.8 cm³/mol. The van der Waals surface area contributed by atoms with Crippen LogP contribution in [0, 0.1) is 0 Å². The molecule has 6 heteroatoms. The van der Waals surface area contributed by atoms with Gasteiger partial charge in [-0.25, -0.2) is 4.79 Å². The Morgan fingerprint density at radius 1 is 1.56 bits per heavy atom. The van der Waals surface area contributed by atoms with E-state index in [1.54, 1.807) is 25.1 Å². The maximum Gasteiger partial charge on any atom is 0.326 e. The molecule has 1 aromatic rings. The van der Waals surface area contributed by atoms with Crippen LogP contribution in [0.4, 0.5) is 0 Å². The SMILES string of the molecule is CCC(C(=O)O)N(C)C(=O)C=Cc1ccc(Cl)s1. The lowest BCUT2D eigenvalue weighted by molar-refractivity contribution is -0.147. The normalized spacial score (nSPS) is 12.6. The third-order valence-electron chi connectivity index (χ3n) is 2.47. The number of rotatable bonds is 5. The summed E-state index contributed by atoms with van der Waals surface area (Å²) in [5.74, 6) is -1.34. The lowest BCUT2D eigenvalue weighted by Gasteiger charge is -2.22. The Morgan fingerprint density at radius 3 is 2.67 bits per heavy atom. The molecule has 1 atom stereocenters. The average Bonchev–Trinajstić information content (AvgIpc) is 2.72. The summed E-state index contributed by atoms with van der Waals surface area (Å²) in [5.41, 5.74) is 0. The van der Waals surface area contributed by atoms with Crippen molar-refractivity contribution in [1.82, 2.24) is 4.90 Å². The van der Waals surface area contributed by atoms with Gasteiger partial charge in [0.25, 0.3) is 0 Å². The molecular formula is C12H14ClNO3S. The fourth-order valence-electron chi connectivity index (χ4n) is 1.46. The van der Waals surface area contributed by atoms with Gasteiger partial charge >= 0.3 is 5.97 Å². The van der Waals surface area contributed by atoms with Gasteiger partial charge < -0.3 is 10.0 Å². The molecular weight excluding hydrogens is 274 g/mol. The first-order valence-corrected chi connectivity index (χ1v) is 6.58. The summed E-state index contributed by atoms with van der Waals surface area (Å²) in [5, 5.41) is 8.95. The number of carbonyl (C=O) groups is 2. The van der Waals surface area contributed by atoms with E-state index in [0.29, 0.717) is 10.8 Å². The number of carboxylic acid groups (broad SMARTS) is 1. The molecule has 1 heterocycles. The summed E-state index contributed by atoms with van der Waals surface area (Å²) < 4.78 is 0.646. The lowest BCUT2D eigenvalue weighted by atomic mass is 10.2. The highest BCUT2D eigenvalue weighted by molar-refractivity contribution is 7.17. The zero-order valence-electron chi connectivity index (χ0n) is 10.1. The molecule has 4 nitrogen and oxygen atoms in total. The van der Waals surface area contributed by atoms with Crippen molar-refractivity contribution in [3.8, 4) is 0 Å². The fourth-order valence-corrected chi connectivity index (χ4v) is 2.42. The molecule has 0 spiro atoms. The maximum atomic E-state index is 11.8. The third kappa shape index (κ3) is 3.85. The van der Waals surface area contributed by atoms with Crippen LogP contribution in [0.15, 0.2) is 18.2 Å². The Balaban J connectivity index is 2.70. The largest absolute Gasteiger partial charge is 0.480 e. The number of hydrogen-bond acceptors (Lipinski definition) is 3. The number of aliphatic carboxylic acids is 1. The molecule has 0 aliphatic rings. The molecule has 0 saturated heterocycles. The van der Waals surface area contributed by atoms with Crippen molar-refractivity contribution in [2.24, 2.45) is 0 Å². The first-order chi connectivity index (χ1) is 8.45. The number of likely N-dealkylation sites (N-methyl/N-ethyl adjacent to an activating group) is 1. The molecule has 0 fully saturated rings. The molecule has 18 heavy (non-hydrogen) atoms. The minimum atomic E-state index is -0.999. The van der Waals surface area contributed by atoms with Gasteiger partial charge in [-0.3, -0.25) is 4.79 Å². The van der Waals surface area contributed by atoms with Crippen LogP contribution in [0.1, 0.15) is 18.2 Å². The van der Waals surface area contributed by atoms with E-state index in [9.17, 15) is 9.59 Å². The van der Waals surface area contributed by atoms with E-state index in [2.05, 4.69) is 0 Å². The average molecular weight is 288 g/mol. The molecule has 0 aliphatic carbocycles. The third-order valence-corrected chi connectivity index (χ3v) is 3.67. The van der Waals surface area contributed by atoms with Crippen LogP contribution in [-0.4, -0.2) is 35.0 Å². The van der Waals surface area contributed by atoms with Gasteiger partial charge in [-0.15, -0.1) is 11.3 Å². The van der Waals surface area contributed by atoms with Gasteiger partial charge in [-0.2, -0.15) is 0 Å². The van der Waals surface area contributed by atoms with Crippen molar-refractivity contribution in [2.45, 2.75) is 19.4 Å². The van der Waals surface area contributed by atoms with Gasteiger partial charge in [-0.05, 0) is 24.6 Å². The van der Waals surface area contributed by atoms with E-state index in [0.717, 1.165) is 4.88 Å². The number of carboxylic acids is 1. The molecule has 1 rings (SSSR count). The van der Waals surface area contributed by atoms with Gasteiger partial charge in [0.1, 0.15) is 6.04 Å². The van der Waals surface area contributed by atoms with Crippen LogP contribution < -0.4 is 0 Å². The van der Waals surface area contributed by atoms with Crippen molar-refractivity contribution in [3.63, 3.8) is 0 Å². The highest BCUT2D eigenvalue weighted by Gasteiger charge is 2.22. The monoisotopic (exact) mass is 287 g/mol. The minimum Gasteiger partial charge on any atom is -0.480 e. The Bertz CT molecular complexity index is 470. The van der Waals surface area contributed by atoms with Gasteiger partial charge in [0.05, 0.1) is 4.34 Å². The fraction of sp³-hybridized carbons (Fsp3) is 0.333. The van der Waals surface area contributed by atoms with E-state index >= 15 is 0 Å². The molecule has 98 valence electrons. The predicted octanol–water partition coefficient (Wildman–Crippen LogP) is 2.74. The van der Waals surface area contributed by atoms with Crippen molar-refractivity contribution >= 4 is 40.9 Å². The smallest absolute Gasteiger partial charge is 0.326 e. The molecule has 0 bridgehead atoms. The van der Waals surface area contributed by atoms with Crippen LogP contribution in [0.3, 0.4) is 0 Å². The molecule has 1 amide bonds. The van der Waals surface area contributed by atoms with Crippen LogP contribution in [0.25, 0.3) is 6.08 Å². The van der Waals surface area contributed by atoms with Crippen LogP contribution in [0.5, 0.6) is 0 Å². The molecule has 1 aromatic heterocycles. The summed E-state index contributed by atoms with van der Waals surface area (Å²) in [7, 11) is 1.48. The Labute approximate surface area is 114 Å². The van der Waals surface area contributed by atoms with E-state index in [4.69, 9.17) is 16.7 Å². The second kappa shape index (κ2) is 6.56. The molecule has 0 aliphatic heterocycles. The van der Waals surface area contributed by atoms with E-state index in [-0.39, 0.29) is 5.91 Å². The zero-order chi connectivity index (χ0) is 13.7. The van der Waals surface area contributed by atoms with E-state index < -0.39 is 12.0 Å². The summed E-state index contributed by atoms with van der Waals surface area (Å²) in [6.45, 7) is 1.73. The number of hydrogen-bond donors (Lipinski definition) is 1. The Hall–Kier alpha value is -1.33. The minimum absolute atomic E-state index is 0.339. The highest BCUT2D eigenvalue weighted by atomic mass is 35.5. The number of amides is 1. The zero-order valence-corrected chi connectivity index (χ0v) is 11.7. The molecule has 1 N–H and O–H groups in total.